The van der Waals surface area contributed by atoms with Gasteiger partial charge in [-0.2, -0.15) is 0 Å². The van der Waals surface area contributed by atoms with Crippen molar-refractivity contribution in [3.8, 4) is 0 Å². The average Bonchev–Trinajstić information content (AvgIpc) is 3.06. The van der Waals surface area contributed by atoms with E-state index in [4.69, 9.17) is 16.3 Å². The van der Waals surface area contributed by atoms with E-state index in [0.717, 1.165) is 11.6 Å². The van der Waals surface area contributed by atoms with Crippen LogP contribution in [0.2, 0.25) is 5.02 Å². The van der Waals surface area contributed by atoms with Gasteiger partial charge in [0, 0.05) is 23.7 Å². The number of aryl methyl sites for hydroxylation is 1. The summed E-state index contributed by atoms with van der Waals surface area (Å²) in [7, 11) is 0. The van der Waals surface area contributed by atoms with Crippen molar-refractivity contribution in [1.29, 1.82) is 0 Å². The maximum Gasteiger partial charge on any atom is 0.312 e. The molecule has 152 valence electrons. The predicted octanol–water partition coefficient (Wildman–Crippen LogP) is 3.71. The van der Waals surface area contributed by atoms with E-state index >= 15 is 0 Å². The summed E-state index contributed by atoms with van der Waals surface area (Å²) in [5.74, 6) is -2.88. The van der Waals surface area contributed by atoms with Gasteiger partial charge >= 0.3 is 5.97 Å². The summed E-state index contributed by atoms with van der Waals surface area (Å²) in [5, 5.41) is 2.55. The van der Waals surface area contributed by atoms with Gasteiger partial charge in [0.1, 0.15) is 5.82 Å². The van der Waals surface area contributed by atoms with Crippen molar-refractivity contribution in [3.05, 3.63) is 58.9 Å². The Labute approximate surface area is 172 Å². The van der Waals surface area contributed by atoms with Crippen molar-refractivity contribution in [3.63, 3.8) is 0 Å². The van der Waals surface area contributed by atoms with E-state index in [0.29, 0.717) is 5.69 Å². The van der Waals surface area contributed by atoms with E-state index in [1.165, 1.54) is 24.0 Å². The number of anilines is 2. The van der Waals surface area contributed by atoms with Crippen LogP contribution in [0.3, 0.4) is 0 Å². The monoisotopic (exact) mass is 418 g/mol. The first kappa shape index (κ1) is 20.8. The fraction of sp³-hybridized carbons (Fsp3) is 0.286. The van der Waals surface area contributed by atoms with Gasteiger partial charge in [0.15, 0.2) is 6.10 Å². The Morgan fingerprint density at radius 2 is 1.93 bits per heavy atom. The first-order valence-corrected chi connectivity index (χ1v) is 9.46. The maximum absolute atomic E-state index is 13.8. The van der Waals surface area contributed by atoms with Crippen molar-refractivity contribution in [1.82, 2.24) is 0 Å². The maximum atomic E-state index is 13.8. The second kappa shape index (κ2) is 8.61. The van der Waals surface area contributed by atoms with Crippen LogP contribution in [0.1, 0.15) is 18.9 Å². The molecule has 2 aromatic rings. The summed E-state index contributed by atoms with van der Waals surface area (Å²) in [4.78, 5) is 38.5. The highest BCUT2D eigenvalue weighted by molar-refractivity contribution is 6.30. The lowest BCUT2D eigenvalue weighted by atomic mass is 10.1. The summed E-state index contributed by atoms with van der Waals surface area (Å²) >= 11 is 5.68. The lowest BCUT2D eigenvalue weighted by Crippen LogP contribution is -2.33. The Balaban J connectivity index is 1.58. The lowest BCUT2D eigenvalue weighted by Gasteiger charge is -2.18. The third-order valence-corrected chi connectivity index (χ3v) is 4.89. The zero-order chi connectivity index (χ0) is 21.1. The number of rotatable bonds is 5. The molecule has 0 unspecified atom stereocenters. The SMILES string of the molecule is Cc1ccc(N2C[C@@H](C(=O)O[C@@H](C)C(=O)Nc3ccc(Cl)cc3F)CC2=O)cc1. The summed E-state index contributed by atoms with van der Waals surface area (Å²) in [6, 6.07) is 11.2. The molecule has 6 nitrogen and oxygen atoms in total. The lowest BCUT2D eigenvalue weighted by molar-refractivity contribution is -0.157. The van der Waals surface area contributed by atoms with Crippen LogP contribution >= 0.6 is 11.6 Å². The van der Waals surface area contributed by atoms with E-state index in [1.807, 2.05) is 31.2 Å². The molecule has 2 aromatic carbocycles. The molecule has 0 aromatic heterocycles. The Kier molecular flexibility index (Phi) is 6.17. The van der Waals surface area contributed by atoms with Gasteiger partial charge in [0.25, 0.3) is 5.91 Å². The third kappa shape index (κ3) is 4.92. The van der Waals surface area contributed by atoms with Crippen LogP contribution < -0.4 is 10.2 Å². The molecule has 1 N–H and O–H groups in total. The minimum atomic E-state index is -1.15. The van der Waals surface area contributed by atoms with Gasteiger partial charge in [-0.15, -0.1) is 0 Å². The zero-order valence-corrected chi connectivity index (χ0v) is 16.7. The smallest absolute Gasteiger partial charge is 0.312 e. The van der Waals surface area contributed by atoms with E-state index in [9.17, 15) is 18.8 Å². The summed E-state index contributed by atoms with van der Waals surface area (Å²) in [5.41, 5.74) is 1.71. The number of ether oxygens (including phenoxy) is 1. The number of esters is 1. The Morgan fingerprint density at radius 1 is 1.24 bits per heavy atom. The third-order valence-electron chi connectivity index (χ3n) is 4.66. The van der Waals surface area contributed by atoms with Gasteiger partial charge in [0.2, 0.25) is 5.91 Å². The van der Waals surface area contributed by atoms with Gasteiger partial charge < -0.3 is 15.0 Å². The molecule has 1 saturated heterocycles. The number of hydrogen-bond donors (Lipinski definition) is 1. The molecule has 0 radical (unpaired) electrons. The fourth-order valence-electron chi connectivity index (χ4n) is 2.99. The van der Waals surface area contributed by atoms with Crippen LogP contribution in [0.4, 0.5) is 15.8 Å². The van der Waals surface area contributed by atoms with Crippen molar-refractivity contribution in [2.75, 3.05) is 16.8 Å². The highest BCUT2D eigenvalue weighted by Crippen LogP contribution is 2.26. The van der Waals surface area contributed by atoms with Crippen LogP contribution in [0, 0.1) is 18.7 Å². The molecule has 0 saturated carbocycles. The molecular weight excluding hydrogens is 399 g/mol. The van der Waals surface area contributed by atoms with Crippen LogP contribution in [0.25, 0.3) is 0 Å². The van der Waals surface area contributed by atoms with Crippen LogP contribution in [0.15, 0.2) is 42.5 Å². The summed E-state index contributed by atoms with van der Waals surface area (Å²) in [6.07, 6.45) is -1.14. The number of nitrogens with one attached hydrogen (secondary N) is 1. The fourth-order valence-corrected chi connectivity index (χ4v) is 3.15. The van der Waals surface area contributed by atoms with Crippen molar-refractivity contribution >= 4 is 40.8 Å². The number of benzene rings is 2. The predicted molar refractivity (Wildman–Crippen MR) is 107 cm³/mol. The molecule has 2 amide bonds. The first-order valence-electron chi connectivity index (χ1n) is 9.08. The number of amides is 2. The standard InChI is InChI=1S/C21H20ClFN2O4/c1-12-3-6-16(7-4-12)25-11-14(9-19(25)26)21(28)29-13(2)20(27)24-18-8-5-15(22)10-17(18)23/h3-8,10,13-14H,9,11H2,1-2H3,(H,24,27)/t13-,14-/m0/s1. The van der Waals surface area contributed by atoms with E-state index < -0.39 is 29.7 Å². The molecule has 0 bridgehead atoms. The van der Waals surface area contributed by atoms with Gasteiger partial charge in [-0.1, -0.05) is 29.3 Å². The molecule has 8 heteroatoms. The minimum Gasteiger partial charge on any atom is -0.452 e. The number of nitrogens with zero attached hydrogens (tertiary/aromatic N) is 1. The van der Waals surface area contributed by atoms with Crippen LogP contribution in [-0.4, -0.2) is 30.4 Å². The number of hydrogen-bond acceptors (Lipinski definition) is 4. The largest absolute Gasteiger partial charge is 0.452 e. The van der Waals surface area contributed by atoms with E-state index in [1.54, 1.807) is 0 Å². The second-order valence-electron chi connectivity index (χ2n) is 6.93. The Morgan fingerprint density at radius 3 is 2.59 bits per heavy atom. The number of carbonyl (C=O) groups is 3. The summed E-state index contributed by atoms with van der Waals surface area (Å²) < 4.78 is 19.0. The average molecular weight is 419 g/mol. The Hall–Kier alpha value is -2.93. The van der Waals surface area contributed by atoms with Gasteiger partial charge in [-0.25, -0.2) is 4.39 Å². The molecule has 1 heterocycles. The van der Waals surface area contributed by atoms with Crippen LogP contribution in [-0.2, 0) is 19.1 Å². The molecule has 0 aliphatic carbocycles. The van der Waals surface area contributed by atoms with Crippen molar-refractivity contribution in [2.24, 2.45) is 5.92 Å². The molecule has 1 aliphatic heterocycles. The molecule has 1 fully saturated rings. The minimum absolute atomic E-state index is 0.00681. The highest BCUT2D eigenvalue weighted by Gasteiger charge is 2.37. The molecule has 29 heavy (non-hydrogen) atoms. The molecule has 1 aliphatic rings. The summed E-state index contributed by atoms with van der Waals surface area (Å²) in [6.45, 7) is 3.51. The number of halogens is 2. The van der Waals surface area contributed by atoms with Crippen molar-refractivity contribution in [2.45, 2.75) is 26.4 Å². The molecular formula is C21H20ClFN2O4. The Bertz CT molecular complexity index is 948. The van der Waals surface area contributed by atoms with E-state index in [-0.39, 0.29) is 29.6 Å². The van der Waals surface area contributed by atoms with Gasteiger partial charge in [0.05, 0.1) is 11.6 Å². The zero-order valence-electron chi connectivity index (χ0n) is 15.9. The van der Waals surface area contributed by atoms with Gasteiger partial charge in [-0.3, -0.25) is 14.4 Å². The molecule has 2 atom stereocenters. The topological polar surface area (TPSA) is 75.7 Å². The quantitative estimate of drug-likeness (QED) is 0.751. The van der Waals surface area contributed by atoms with Crippen molar-refractivity contribution < 1.29 is 23.5 Å². The normalized spacial score (nSPS) is 17.2. The van der Waals surface area contributed by atoms with Crippen LogP contribution in [0.5, 0.6) is 0 Å². The molecule has 0 spiro atoms. The van der Waals surface area contributed by atoms with E-state index in [2.05, 4.69) is 5.32 Å². The number of carbonyl (C=O) groups excluding carboxylic acids is 3. The molecule has 3 rings (SSSR count). The first-order chi connectivity index (χ1) is 13.7. The second-order valence-corrected chi connectivity index (χ2v) is 7.37. The van der Waals surface area contributed by atoms with Gasteiger partial charge in [-0.05, 0) is 44.2 Å². The highest BCUT2D eigenvalue weighted by atomic mass is 35.5.